The lowest BCUT2D eigenvalue weighted by Crippen LogP contribution is -2.15. The van der Waals surface area contributed by atoms with Crippen molar-refractivity contribution in [3.63, 3.8) is 0 Å². The minimum absolute atomic E-state index is 0.102. The van der Waals surface area contributed by atoms with Crippen molar-refractivity contribution in [2.45, 2.75) is 45.2 Å². The molecule has 5 heteroatoms. The molecule has 0 bridgehead atoms. The van der Waals surface area contributed by atoms with Crippen LogP contribution in [0.25, 0.3) is 0 Å². The number of aromatic nitrogens is 2. The standard InChI is InChI=1S/C11H20N4O/c1-7-4-5-9(6-7)13-11-15-14-10(16-11)8(2)12-3/h7-9,12H,4-6H2,1-3H3,(H,13,15). The molecule has 1 aliphatic rings. The molecule has 1 aliphatic carbocycles. The lowest BCUT2D eigenvalue weighted by molar-refractivity contribution is 0.437. The fourth-order valence-electron chi connectivity index (χ4n) is 2.10. The van der Waals surface area contributed by atoms with Crippen LogP contribution < -0.4 is 10.6 Å². The van der Waals surface area contributed by atoms with Crippen LogP contribution in [0.3, 0.4) is 0 Å². The zero-order valence-corrected chi connectivity index (χ0v) is 10.2. The molecule has 1 aromatic rings. The van der Waals surface area contributed by atoms with Crippen LogP contribution >= 0.6 is 0 Å². The van der Waals surface area contributed by atoms with E-state index in [2.05, 4.69) is 27.8 Å². The molecule has 0 aromatic carbocycles. The predicted molar refractivity (Wildman–Crippen MR) is 62.2 cm³/mol. The fraction of sp³-hybridized carbons (Fsp3) is 0.818. The molecule has 0 amide bonds. The van der Waals surface area contributed by atoms with Crippen LogP contribution in [0.2, 0.25) is 0 Å². The Labute approximate surface area is 96.0 Å². The maximum absolute atomic E-state index is 5.54. The average Bonchev–Trinajstić information content (AvgIpc) is 2.87. The van der Waals surface area contributed by atoms with Crippen molar-refractivity contribution in [2.24, 2.45) is 5.92 Å². The summed E-state index contributed by atoms with van der Waals surface area (Å²) in [5.74, 6) is 1.44. The van der Waals surface area contributed by atoms with Gasteiger partial charge in [-0.25, -0.2) is 0 Å². The van der Waals surface area contributed by atoms with E-state index in [1.165, 1.54) is 19.3 Å². The second-order valence-corrected chi connectivity index (χ2v) is 4.72. The van der Waals surface area contributed by atoms with Crippen molar-refractivity contribution in [1.29, 1.82) is 0 Å². The third-order valence-corrected chi connectivity index (χ3v) is 3.27. The second-order valence-electron chi connectivity index (χ2n) is 4.72. The van der Waals surface area contributed by atoms with E-state index in [0.29, 0.717) is 17.9 Å². The van der Waals surface area contributed by atoms with E-state index in [1.807, 2.05) is 14.0 Å². The van der Waals surface area contributed by atoms with E-state index in [4.69, 9.17) is 4.42 Å². The molecule has 1 fully saturated rings. The molecule has 0 saturated heterocycles. The Morgan fingerprint density at radius 3 is 2.81 bits per heavy atom. The predicted octanol–water partition coefficient (Wildman–Crippen LogP) is 1.95. The van der Waals surface area contributed by atoms with Gasteiger partial charge in [0.2, 0.25) is 5.89 Å². The van der Waals surface area contributed by atoms with E-state index < -0.39 is 0 Å². The summed E-state index contributed by atoms with van der Waals surface area (Å²) < 4.78 is 5.54. The van der Waals surface area contributed by atoms with Gasteiger partial charge in [0, 0.05) is 6.04 Å². The smallest absolute Gasteiger partial charge is 0.315 e. The van der Waals surface area contributed by atoms with Crippen LogP contribution in [0.4, 0.5) is 6.01 Å². The lowest BCUT2D eigenvalue weighted by atomic mass is 10.1. The highest BCUT2D eigenvalue weighted by Gasteiger charge is 2.23. The van der Waals surface area contributed by atoms with E-state index in [9.17, 15) is 0 Å². The van der Waals surface area contributed by atoms with Gasteiger partial charge >= 0.3 is 6.01 Å². The molecular formula is C11H20N4O. The maximum atomic E-state index is 5.54. The summed E-state index contributed by atoms with van der Waals surface area (Å²) in [7, 11) is 1.88. The number of nitrogens with one attached hydrogen (secondary N) is 2. The third kappa shape index (κ3) is 2.52. The summed E-state index contributed by atoms with van der Waals surface area (Å²) in [6.07, 6.45) is 3.67. The van der Waals surface area contributed by atoms with Crippen molar-refractivity contribution in [2.75, 3.05) is 12.4 Å². The van der Waals surface area contributed by atoms with Crippen LogP contribution in [0.1, 0.15) is 45.0 Å². The first kappa shape index (κ1) is 11.4. The van der Waals surface area contributed by atoms with Crippen molar-refractivity contribution in [3.8, 4) is 0 Å². The summed E-state index contributed by atoms with van der Waals surface area (Å²) in [6.45, 7) is 4.28. The minimum Gasteiger partial charge on any atom is -0.406 e. The molecule has 3 unspecified atom stereocenters. The number of hydrogen-bond donors (Lipinski definition) is 2. The van der Waals surface area contributed by atoms with E-state index in [-0.39, 0.29) is 6.04 Å². The Morgan fingerprint density at radius 1 is 1.38 bits per heavy atom. The molecule has 90 valence electrons. The lowest BCUT2D eigenvalue weighted by Gasteiger charge is -2.09. The van der Waals surface area contributed by atoms with Gasteiger partial charge in [-0.15, -0.1) is 5.10 Å². The largest absolute Gasteiger partial charge is 0.406 e. The highest BCUT2D eigenvalue weighted by Crippen LogP contribution is 2.27. The molecular weight excluding hydrogens is 204 g/mol. The molecule has 2 rings (SSSR count). The highest BCUT2D eigenvalue weighted by molar-refractivity contribution is 5.20. The number of anilines is 1. The van der Waals surface area contributed by atoms with Crippen LogP contribution in [-0.4, -0.2) is 23.3 Å². The van der Waals surface area contributed by atoms with Gasteiger partial charge < -0.3 is 15.1 Å². The minimum atomic E-state index is 0.102. The Morgan fingerprint density at radius 2 is 2.19 bits per heavy atom. The Hall–Kier alpha value is -1.10. The van der Waals surface area contributed by atoms with E-state index >= 15 is 0 Å². The van der Waals surface area contributed by atoms with Crippen molar-refractivity contribution in [1.82, 2.24) is 15.5 Å². The third-order valence-electron chi connectivity index (χ3n) is 3.27. The van der Waals surface area contributed by atoms with Gasteiger partial charge in [0.05, 0.1) is 6.04 Å². The van der Waals surface area contributed by atoms with Crippen LogP contribution in [0.15, 0.2) is 4.42 Å². The molecule has 0 spiro atoms. The first-order valence-corrected chi connectivity index (χ1v) is 5.96. The van der Waals surface area contributed by atoms with Gasteiger partial charge in [-0.1, -0.05) is 12.0 Å². The van der Waals surface area contributed by atoms with Crippen LogP contribution in [0, 0.1) is 5.92 Å². The molecule has 16 heavy (non-hydrogen) atoms. The van der Waals surface area contributed by atoms with Crippen LogP contribution in [-0.2, 0) is 0 Å². The van der Waals surface area contributed by atoms with E-state index in [1.54, 1.807) is 0 Å². The Balaban J connectivity index is 1.92. The fourth-order valence-corrected chi connectivity index (χ4v) is 2.10. The number of nitrogens with zero attached hydrogens (tertiary/aromatic N) is 2. The molecule has 0 aliphatic heterocycles. The first-order valence-electron chi connectivity index (χ1n) is 5.96. The molecule has 1 saturated carbocycles. The summed E-state index contributed by atoms with van der Waals surface area (Å²) in [6, 6.07) is 1.15. The van der Waals surface area contributed by atoms with Gasteiger partial charge in [0.1, 0.15) is 0 Å². The molecule has 1 aromatic heterocycles. The Bertz CT molecular complexity index is 338. The topological polar surface area (TPSA) is 63.0 Å². The van der Waals surface area contributed by atoms with Crippen molar-refractivity contribution < 1.29 is 4.42 Å². The highest BCUT2D eigenvalue weighted by atomic mass is 16.4. The summed E-state index contributed by atoms with van der Waals surface area (Å²) in [4.78, 5) is 0. The number of hydrogen-bond acceptors (Lipinski definition) is 5. The van der Waals surface area contributed by atoms with Gasteiger partial charge in [0.25, 0.3) is 0 Å². The zero-order valence-electron chi connectivity index (χ0n) is 10.2. The van der Waals surface area contributed by atoms with Crippen molar-refractivity contribution >= 4 is 6.01 Å². The van der Waals surface area contributed by atoms with Crippen LogP contribution in [0.5, 0.6) is 0 Å². The molecule has 2 N–H and O–H groups in total. The van der Waals surface area contributed by atoms with Gasteiger partial charge in [-0.2, -0.15) is 0 Å². The summed E-state index contributed by atoms with van der Waals surface area (Å²) in [5.41, 5.74) is 0. The zero-order chi connectivity index (χ0) is 11.5. The maximum Gasteiger partial charge on any atom is 0.315 e. The number of rotatable bonds is 4. The molecule has 1 heterocycles. The molecule has 0 radical (unpaired) electrons. The monoisotopic (exact) mass is 224 g/mol. The van der Waals surface area contributed by atoms with Gasteiger partial charge in [0.15, 0.2) is 0 Å². The average molecular weight is 224 g/mol. The summed E-state index contributed by atoms with van der Waals surface area (Å²) >= 11 is 0. The Kier molecular flexibility index (Phi) is 3.43. The normalized spacial score (nSPS) is 26.9. The second kappa shape index (κ2) is 4.82. The van der Waals surface area contributed by atoms with Crippen molar-refractivity contribution in [3.05, 3.63) is 5.89 Å². The van der Waals surface area contributed by atoms with Gasteiger partial charge in [-0.05, 0) is 39.2 Å². The molecule has 3 atom stereocenters. The quantitative estimate of drug-likeness (QED) is 0.818. The molecule has 5 nitrogen and oxygen atoms in total. The van der Waals surface area contributed by atoms with E-state index in [0.717, 1.165) is 5.92 Å². The SMILES string of the molecule is CNC(C)c1nnc(NC2CCC(C)C2)o1. The van der Waals surface area contributed by atoms with Gasteiger partial charge in [-0.3, -0.25) is 0 Å². The summed E-state index contributed by atoms with van der Waals surface area (Å²) in [5, 5.41) is 14.4. The first-order chi connectivity index (χ1) is 7.69.